The highest BCUT2D eigenvalue weighted by atomic mass is 32.2. The van der Waals surface area contributed by atoms with Crippen molar-refractivity contribution >= 4 is 21.7 Å². The molecule has 2 aromatic rings. The van der Waals surface area contributed by atoms with Crippen molar-refractivity contribution in [2.75, 3.05) is 12.4 Å². The summed E-state index contributed by atoms with van der Waals surface area (Å²) in [5, 5.41) is 7.88. The molecule has 0 radical (unpaired) electrons. The van der Waals surface area contributed by atoms with E-state index in [0.717, 1.165) is 19.3 Å². The zero-order chi connectivity index (χ0) is 18.0. The monoisotopic (exact) mass is 359 g/mol. The molecule has 0 bridgehead atoms. The molecule has 0 aliphatic heterocycles. The lowest BCUT2D eigenvalue weighted by atomic mass is 9.87. The fourth-order valence-electron chi connectivity index (χ4n) is 3.21. The van der Waals surface area contributed by atoms with Crippen LogP contribution in [0.5, 0.6) is 0 Å². The molecule has 0 heterocycles. The molecule has 3 rings (SSSR count). The Balaban J connectivity index is 1.74. The molecule has 25 heavy (non-hydrogen) atoms. The fraction of sp³-hybridized carbons (Fsp3) is 0.278. The van der Waals surface area contributed by atoms with Crippen LogP contribution in [0.4, 0.5) is 10.5 Å². The molecule has 1 aliphatic carbocycles. The summed E-state index contributed by atoms with van der Waals surface area (Å²) in [6, 6.07) is 13.8. The van der Waals surface area contributed by atoms with E-state index >= 15 is 0 Å². The van der Waals surface area contributed by atoms with Crippen molar-refractivity contribution in [2.45, 2.75) is 30.2 Å². The lowest BCUT2D eigenvalue weighted by Crippen LogP contribution is -2.36. The second kappa shape index (κ2) is 6.85. The maximum Gasteiger partial charge on any atom is 0.322 e. The number of nitrogens with one attached hydrogen (secondary N) is 1. The van der Waals surface area contributed by atoms with E-state index < -0.39 is 10.0 Å². The molecule has 0 aromatic heterocycles. The van der Waals surface area contributed by atoms with Crippen molar-refractivity contribution < 1.29 is 13.2 Å². The van der Waals surface area contributed by atoms with Gasteiger partial charge in [0, 0.05) is 12.7 Å². The van der Waals surface area contributed by atoms with Crippen molar-refractivity contribution in [3.8, 4) is 0 Å². The average Bonchev–Trinajstić information content (AvgIpc) is 2.60. The molecule has 6 nitrogen and oxygen atoms in total. The van der Waals surface area contributed by atoms with Crippen molar-refractivity contribution in [1.29, 1.82) is 0 Å². The van der Waals surface area contributed by atoms with Gasteiger partial charge in [0.2, 0.25) is 10.0 Å². The number of urea groups is 1. The van der Waals surface area contributed by atoms with Crippen LogP contribution in [-0.4, -0.2) is 26.4 Å². The molecular weight excluding hydrogens is 338 g/mol. The third-order valence-electron chi connectivity index (χ3n) is 4.56. The molecule has 3 N–H and O–H groups in total. The van der Waals surface area contributed by atoms with Gasteiger partial charge in [-0.3, -0.25) is 0 Å². The van der Waals surface area contributed by atoms with Gasteiger partial charge in [0.25, 0.3) is 0 Å². The van der Waals surface area contributed by atoms with Gasteiger partial charge in [0.05, 0.1) is 10.9 Å². The summed E-state index contributed by atoms with van der Waals surface area (Å²) in [5.74, 6) is 0. The molecule has 0 fully saturated rings. The largest absolute Gasteiger partial charge is 0.322 e. The van der Waals surface area contributed by atoms with Gasteiger partial charge >= 0.3 is 6.03 Å². The number of amides is 2. The zero-order valence-electron chi connectivity index (χ0n) is 14.0. The highest BCUT2D eigenvalue weighted by molar-refractivity contribution is 7.89. The van der Waals surface area contributed by atoms with Crippen molar-refractivity contribution in [3.05, 3.63) is 59.7 Å². The second-order valence-electron chi connectivity index (χ2n) is 6.22. The third-order valence-corrected chi connectivity index (χ3v) is 5.49. The molecule has 1 atom stereocenters. The standard InChI is InChI=1S/C18H21N3O3S/c1-21(17-8-4-6-13-5-2-3-7-16(13)17)18(22)20-14-9-11-15(12-10-14)25(19,23)24/h2-3,5,7,9-12,17H,4,6,8H2,1H3,(H,20,22)(H2,19,23,24)/t17-/m0/s1. The van der Waals surface area contributed by atoms with Crippen molar-refractivity contribution in [1.82, 2.24) is 4.90 Å². The molecule has 2 amide bonds. The Morgan fingerprint density at radius 3 is 2.52 bits per heavy atom. The first kappa shape index (κ1) is 17.4. The maximum absolute atomic E-state index is 12.6. The SMILES string of the molecule is CN(C(=O)Nc1ccc(S(N)(=O)=O)cc1)[C@H]1CCCc2ccccc21. The minimum absolute atomic E-state index is 0.0139. The van der Waals surface area contributed by atoms with Gasteiger partial charge in [0.15, 0.2) is 0 Å². The molecule has 7 heteroatoms. The maximum atomic E-state index is 12.6. The predicted molar refractivity (Wildman–Crippen MR) is 96.7 cm³/mol. The first-order valence-corrected chi connectivity index (χ1v) is 9.65. The number of carbonyl (C=O) groups is 1. The Labute approximate surface area is 147 Å². The summed E-state index contributed by atoms with van der Waals surface area (Å²) in [6.07, 6.45) is 3.00. The quantitative estimate of drug-likeness (QED) is 0.882. The van der Waals surface area contributed by atoms with E-state index in [2.05, 4.69) is 17.4 Å². The summed E-state index contributed by atoms with van der Waals surface area (Å²) in [4.78, 5) is 14.3. The fourth-order valence-corrected chi connectivity index (χ4v) is 3.73. The predicted octanol–water partition coefficient (Wildman–Crippen LogP) is 2.88. The molecule has 132 valence electrons. The number of aryl methyl sites for hydroxylation is 1. The van der Waals surface area contributed by atoms with E-state index in [0.29, 0.717) is 5.69 Å². The lowest BCUT2D eigenvalue weighted by Gasteiger charge is -2.33. The van der Waals surface area contributed by atoms with Gasteiger partial charge in [0.1, 0.15) is 0 Å². The summed E-state index contributed by atoms with van der Waals surface area (Å²) in [6.45, 7) is 0. The minimum atomic E-state index is -3.74. The smallest absolute Gasteiger partial charge is 0.321 e. The van der Waals surface area contributed by atoms with Crippen LogP contribution in [0.1, 0.15) is 30.0 Å². The average molecular weight is 359 g/mol. The van der Waals surface area contributed by atoms with Gasteiger partial charge in [-0.2, -0.15) is 0 Å². The van der Waals surface area contributed by atoms with Crippen LogP contribution in [-0.2, 0) is 16.4 Å². The number of sulfonamides is 1. The molecule has 0 unspecified atom stereocenters. The Bertz CT molecular complexity index is 879. The normalized spacial score (nSPS) is 16.8. The van der Waals surface area contributed by atoms with Crippen LogP contribution in [0.2, 0.25) is 0 Å². The Morgan fingerprint density at radius 2 is 1.84 bits per heavy atom. The Morgan fingerprint density at radius 1 is 1.16 bits per heavy atom. The van der Waals surface area contributed by atoms with E-state index in [1.165, 1.54) is 35.4 Å². The number of nitrogens with two attached hydrogens (primary N) is 1. The Hall–Kier alpha value is -2.38. The van der Waals surface area contributed by atoms with Crippen molar-refractivity contribution in [3.63, 3.8) is 0 Å². The van der Waals surface area contributed by atoms with Gasteiger partial charge < -0.3 is 10.2 Å². The number of rotatable bonds is 3. The molecule has 2 aromatic carbocycles. The highest BCUT2D eigenvalue weighted by Gasteiger charge is 2.26. The number of hydrogen-bond acceptors (Lipinski definition) is 3. The van der Waals surface area contributed by atoms with Crippen LogP contribution in [0.3, 0.4) is 0 Å². The molecule has 0 saturated heterocycles. The number of anilines is 1. The molecule has 0 spiro atoms. The highest BCUT2D eigenvalue weighted by Crippen LogP contribution is 2.33. The molecule has 0 saturated carbocycles. The second-order valence-corrected chi connectivity index (χ2v) is 7.78. The van der Waals surface area contributed by atoms with Crippen LogP contribution in [0.25, 0.3) is 0 Å². The van der Waals surface area contributed by atoms with Gasteiger partial charge in [-0.1, -0.05) is 24.3 Å². The summed E-state index contributed by atoms with van der Waals surface area (Å²) < 4.78 is 22.6. The number of nitrogens with zero attached hydrogens (tertiary/aromatic N) is 1. The van der Waals surface area contributed by atoms with Crippen LogP contribution in [0, 0.1) is 0 Å². The van der Waals surface area contributed by atoms with E-state index in [4.69, 9.17) is 5.14 Å². The number of carbonyl (C=O) groups excluding carboxylic acids is 1. The number of primary sulfonamides is 1. The Kier molecular flexibility index (Phi) is 4.78. The zero-order valence-corrected chi connectivity index (χ0v) is 14.8. The number of hydrogen-bond donors (Lipinski definition) is 2. The number of benzene rings is 2. The van der Waals surface area contributed by atoms with Crippen molar-refractivity contribution in [2.24, 2.45) is 5.14 Å². The molecule has 1 aliphatic rings. The van der Waals surface area contributed by atoms with E-state index in [1.807, 2.05) is 12.1 Å². The van der Waals surface area contributed by atoms with Gasteiger partial charge in [-0.15, -0.1) is 0 Å². The van der Waals surface area contributed by atoms with Crippen LogP contribution in [0.15, 0.2) is 53.4 Å². The minimum Gasteiger partial charge on any atom is -0.321 e. The summed E-state index contributed by atoms with van der Waals surface area (Å²) >= 11 is 0. The van der Waals surface area contributed by atoms with E-state index in [1.54, 1.807) is 11.9 Å². The van der Waals surface area contributed by atoms with E-state index in [9.17, 15) is 13.2 Å². The van der Waals surface area contributed by atoms with Gasteiger partial charge in [-0.25, -0.2) is 18.4 Å². The third kappa shape index (κ3) is 3.83. The number of fused-ring (bicyclic) bond motifs is 1. The topological polar surface area (TPSA) is 92.5 Å². The summed E-state index contributed by atoms with van der Waals surface area (Å²) in [7, 11) is -1.96. The summed E-state index contributed by atoms with van der Waals surface area (Å²) in [5.41, 5.74) is 3.00. The first-order valence-electron chi connectivity index (χ1n) is 8.11. The van der Waals surface area contributed by atoms with E-state index in [-0.39, 0.29) is 17.0 Å². The molecular formula is C18H21N3O3S. The van der Waals surface area contributed by atoms with Crippen LogP contribution >= 0.6 is 0 Å². The van der Waals surface area contributed by atoms with Gasteiger partial charge in [-0.05, 0) is 54.7 Å². The lowest BCUT2D eigenvalue weighted by molar-refractivity contribution is 0.197. The van der Waals surface area contributed by atoms with Crippen LogP contribution < -0.4 is 10.5 Å². The first-order chi connectivity index (χ1) is 11.9.